The molecule has 0 aromatic heterocycles. The summed E-state index contributed by atoms with van der Waals surface area (Å²) in [5, 5.41) is 3.16. The van der Waals surface area contributed by atoms with Crippen molar-refractivity contribution in [2.45, 2.75) is 6.92 Å². The molecule has 0 saturated carbocycles. The monoisotopic (exact) mass is 204 g/mol. The summed E-state index contributed by atoms with van der Waals surface area (Å²) in [6, 6.07) is 5.32. The minimum absolute atomic E-state index is 0.305. The molecule has 0 atom stereocenters. The van der Waals surface area contributed by atoms with Gasteiger partial charge in [-0.25, -0.2) is 4.79 Å². The first kappa shape index (κ1) is 9.71. The number of ether oxygens (including phenoxy) is 1. The number of rotatable bonds is 2. The Kier molecular flexibility index (Phi) is 2.67. The fourth-order valence-electron chi connectivity index (χ4n) is 1.43. The molecule has 0 saturated heterocycles. The van der Waals surface area contributed by atoms with Gasteiger partial charge in [0.25, 0.3) is 0 Å². The van der Waals surface area contributed by atoms with Crippen LogP contribution < -0.4 is 5.32 Å². The molecule has 1 aromatic carbocycles. The minimum Gasteiger partial charge on any atom is -0.462 e. The molecule has 0 amide bonds. The third-order valence-corrected chi connectivity index (χ3v) is 2.12. The van der Waals surface area contributed by atoms with Gasteiger partial charge in [-0.1, -0.05) is 0 Å². The molecule has 0 unspecified atom stereocenters. The molecule has 0 aliphatic carbocycles. The summed E-state index contributed by atoms with van der Waals surface area (Å²) >= 11 is 0. The van der Waals surface area contributed by atoms with Crippen LogP contribution >= 0.6 is 0 Å². The van der Waals surface area contributed by atoms with Crippen molar-refractivity contribution >= 4 is 23.6 Å². The van der Waals surface area contributed by atoms with Gasteiger partial charge in [0.1, 0.15) is 0 Å². The molecule has 1 aliphatic rings. The fourth-order valence-corrected chi connectivity index (χ4v) is 1.43. The van der Waals surface area contributed by atoms with Crippen molar-refractivity contribution in [1.82, 2.24) is 0 Å². The van der Waals surface area contributed by atoms with E-state index in [0.717, 1.165) is 17.9 Å². The molecule has 15 heavy (non-hydrogen) atoms. The molecule has 2 rings (SSSR count). The molecular formula is C11H12N2O2. The SMILES string of the molecule is CCOC(=O)c1ccc2c(c1)N=CCN2. The second-order valence-electron chi connectivity index (χ2n) is 3.14. The highest BCUT2D eigenvalue weighted by molar-refractivity contribution is 5.93. The number of aliphatic imine (C=N–C) groups is 1. The zero-order valence-electron chi connectivity index (χ0n) is 8.49. The number of hydrogen-bond donors (Lipinski definition) is 1. The van der Waals surface area contributed by atoms with Crippen molar-refractivity contribution in [3.63, 3.8) is 0 Å². The predicted octanol–water partition coefficient (Wildman–Crippen LogP) is 1.99. The van der Waals surface area contributed by atoms with E-state index in [9.17, 15) is 4.79 Å². The molecule has 4 nitrogen and oxygen atoms in total. The largest absolute Gasteiger partial charge is 0.462 e. The number of esters is 1. The van der Waals surface area contributed by atoms with E-state index >= 15 is 0 Å². The lowest BCUT2D eigenvalue weighted by Crippen LogP contribution is -2.09. The second-order valence-corrected chi connectivity index (χ2v) is 3.14. The Bertz CT molecular complexity index is 413. The van der Waals surface area contributed by atoms with E-state index in [-0.39, 0.29) is 5.97 Å². The lowest BCUT2D eigenvalue weighted by Gasteiger charge is -2.12. The summed E-state index contributed by atoms with van der Waals surface area (Å²) < 4.78 is 4.91. The molecule has 78 valence electrons. The highest BCUT2D eigenvalue weighted by atomic mass is 16.5. The van der Waals surface area contributed by atoms with Crippen LogP contribution in [-0.2, 0) is 4.74 Å². The molecule has 1 aliphatic heterocycles. The van der Waals surface area contributed by atoms with E-state index in [1.54, 1.807) is 25.3 Å². The molecule has 0 radical (unpaired) electrons. The standard InChI is InChI=1S/C11H12N2O2/c1-2-15-11(14)8-3-4-9-10(7-8)13-6-5-12-9/h3-4,6-7,12H,2,5H2,1H3. The van der Waals surface area contributed by atoms with Crippen molar-refractivity contribution in [3.8, 4) is 0 Å². The molecule has 1 N–H and O–H groups in total. The molecule has 0 fully saturated rings. The first-order valence-corrected chi connectivity index (χ1v) is 4.89. The van der Waals surface area contributed by atoms with Crippen molar-refractivity contribution < 1.29 is 9.53 Å². The van der Waals surface area contributed by atoms with Crippen molar-refractivity contribution in [1.29, 1.82) is 0 Å². The van der Waals surface area contributed by atoms with Crippen LogP contribution in [0.25, 0.3) is 0 Å². The first-order chi connectivity index (χ1) is 7.31. The quantitative estimate of drug-likeness (QED) is 0.749. The molecule has 1 heterocycles. The van der Waals surface area contributed by atoms with Gasteiger partial charge in [-0.2, -0.15) is 0 Å². The van der Waals surface area contributed by atoms with E-state index in [2.05, 4.69) is 10.3 Å². The van der Waals surface area contributed by atoms with Gasteiger partial charge in [0.2, 0.25) is 0 Å². The Morgan fingerprint density at radius 2 is 2.47 bits per heavy atom. The number of hydrogen-bond acceptors (Lipinski definition) is 4. The predicted molar refractivity (Wildman–Crippen MR) is 59.0 cm³/mol. The number of fused-ring (bicyclic) bond motifs is 1. The summed E-state index contributed by atoms with van der Waals surface area (Å²) in [5.74, 6) is -0.305. The highest BCUT2D eigenvalue weighted by Gasteiger charge is 2.10. The average molecular weight is 204 g/mol. The van der Waals surface area contributed by atoms with Gasteiger partial charge < -0.3 is 10.1 Å². The van der Waals surface area contributed by atoms with E-state index in [1.165, 1.54) is 0 Å². The summed E-state index contributed by atoms with van der Waals surface area (Å²) in [6.07, 6.45) is 1.78. The Morgan fingerprint density at radius 1 is 1.60 bits per heavy atom. The minimum atomic E-state index is -0.305. The normalized spacial score (nSPS) is 12.9. The Labute approximate surface area is 88.0 Å². The van der Waals surface area contributed by atoms with Crippen LogP contribution in [-0.4, -0.2) is 25.3 Å². The topological polar surface area (TPSA) is 50.7 Å². The summed E-state index contributed by atoms with van der Waals surface area (Å²) in [5.41, 5.74) is 2.27. The van der Waals surface area contributed by atoms with E-state index in [0.29, 0.717) is 12.2 Å². The summed E-state index contributed by atoms with van der Waals surface area (Å²) in [7, 11) is 0. The molecule has 0 bridgehead atoms. The first-order valence-electron chi connectivity index (χ1n) is 4.89. The van der Waals surface area contributed by atoms with Crippen molar-refractivity contribution in [2.24, 2.45) is 4.99 Å². The van der Waals surface area contributed by atoms with Crippen LogP contribution in [0, 0.1) is 0 Å². The molecule has 0 spiro atoms. The lowest BCUT2D eigenvalue weighted by atomic mass is 10.1. The van der Waals surface area contributed by atoms with Gasteiger partial charge in [0.05, 0.1) is 30.1 Å². The number of nitrogens with one attached hydrogen (secondary N) is 1. The van der Waals surface area contributed by atoms with E-state index in [1.807, 2.05) is 6.07 Å². The van der Waals surface area contributed by atoms with Crippen LogP contribution in [0.15, 0.2) is 23.2 Å². The van der Waals surface area contributed by atoms with E-state index < -0.39 is 0 Å². The van der Waals surface area contributed by atoms with Gasteiger partial charge in [0, 0.05) is 6.21 Å². The fraction of sp³-hybridized carbons (Fsp3) is 0.273. The van der Waals surface area contributed by atoms with Gasteiger partial charge >= 0.3 is 5.97 Å². The van der Waals surface area contributed by atoms with Crippen LogP contribution in [0.1, 0.15) is 17.3 Å². The Balaban J connectivity index is 2.29. The third-order valence-electron chi connectivity index (χ3n) is 2.12. The van der Waals surface area contributed by atoms with E-state index in [4.69, 9.17) is 4.74 Å². The number of benzene rings is 1. The summed E-state index contributed by atoms with van der Waals surface area (Å²) in [6.45, 7) is 2.90. The van der Waals surface area contributed by atoms with Gasteiger partial charge in [-0.05, 0) is 25.1 Å². The van der Waals surface area contributed by atoms with Crippen LogP contribution in [0.4, 0.5) is 11.4 Å². The zero-order valence-corrected chi connectivity index (χ0v) is 8.49. The Hall–Kier alpha value is -1.84. The van der Waals surface area contributed by atoms with Crippen LogP contribution in [0.3, 0.4) is 0 Å². The lowest BCUT2D eigenvalue weighted by molar-refractivity contribution is 0.0526. The number of carbonyl (C=O) groups is 1. The van der Waals surface area contributed by atoms with Crippen LogP contribution in [0.2, 0.25) is 0 Å². The number of anilines is 1. The molecular weight excluding hydrogens is 192 g/mol. The Morgan fingerprint density at radius 3 is 3.27 bits per heavy atom. The maximum atomic E-state index is 11.4. The highest BCUT2D eigenvalue weighted by Crippen LogP contribution is 2.27. The maximum Gasteiger partial charge on any atom is 0.338 e. The van der Waals surface area contributed by atoms with Crippen LogP contribution in [0.5, 0.6) is 0 Å². The number of nitrogens with zero attached hydrogens (tertiary/aromatic N) is 1. The van der Waals surface area contributed by atoms with Crippen molar-refractivity contribution in [2.75, 3.05) is 18.5 Å². The zero-order chi connectivity index (χ0) is 10.7. The number of carbonyl (C=O) groups excluding carboxylic acids is 1. The molecule has 1 aromatic rings. The summed E-state index contributed by atoms with van der Waals surface area (Å²) in [4.78, 5) is 15.6. The van der Waals surface area contributed by atoms with Crippen molar-refractivity contribution in [3.05, 3.63) is 23.8 Å². The van der Waals surface area contributed by atoms with Gasteiger partial charge in [-0.3, -0.25) is 4.99 Å². The van der Waals surface area contributed by atoms with Gasteiger partial charge in [-0.15, -0.1) is 0 Å². The third kappa shape index (κ3) is 1.98. The van der Waals surface area contributed by atoms with Gasteiger partial charge in [0.15, 0.2) is 0 Å². The average Bonchev–Trinajstić information content (AvgIpc) is 2.29. The smallest absolute Gasteiger partial charge is 0.338 e. The maximum absolute atomic E-state index is 11.4. The second kappa shape index (κ2) is 4.13. The molecule has 4 heteroatoms.